The number of carboxylic acid groups (broad SMARTS) is 1. The zero-order valence-electron chi connectivity index (χ0n) is 11.7. The summed E-state index contributed by atoms with van der Waals surface area (Å²) in [5.74, 6) is -0.872. The van der Waals surface area contributed by atoms with Crippen LogP contribution in [-0.2, 0) is 4.79 Å². The Balaban J connectivity index is 2.33. The molecule has 1 aromatic heterocycles. The number of thiazole rings is 1. The van der Waals surface area contributed by atoms with E-state index in [2.05, 4.69) is 4.98 Å². The quantitative estimate of drug-likeness (QED) is 0.651. The minimum Gasteiger partial charge on any atom is -0.481 e. The van der Waals surface area contributed by atoms with Gasteiger partial charge in [-0.1, -0.05) is 0 Å². The van der Waals surface area contributed by atoms with Crippen LogP contribution in [-0.4, -0.2) is 34.6 Å². The third-order valence-electron chi connectivity index (χ3n) is 3.08. The number of benzene rings is 1. The maximum Gasteiger partial charge on any atom is 0.303 e. The maximum atomic E-state index is 11.2. The summed E-state index contributed by atoms with van der Waals surface area (Å²) in [4.78, 5) is 27.4. The summed E-state index contributed by atoms with van der Waals surface area (Å²) in [5.41, 5.74) is 1.20. The van der Waals surface area contributed by atoms with Gasteiger partial charge in [0.15, 0.2) is 0 Å². The Morgan fingerprint density at radius 3 is 2.86 bits per heavy atom. The van der Waals surface area contributed by atoms with Crippen LogP contribution < -0.4 is 4.90 Å². The van der Waals surface area contributed by atoms with Crippen molar-refractivity contribution in [2.24, 2.45) is 0 Å². The van der Waals surface area contributed by atoms with Gasteiger partial charge in [-0.15, -0.1) is 11.3 Å². The molecule has 0 aliphatic carbocycles. The molecule has 0 unspecified atom stereocenters. The van der Waals surface area contributed by atoms with E-state index in [0.717, 1.165) is 15.2 Å². The molecule has 0 aliphatic rings. The zero-order chi connectivity index (χ0) is 15.6. The molecule has 112 valence electrons. The predicted octanol–water partition coefficient (Wildman–Crippen LogP) is 2.81. The van der Waals surface area contributed by atoms with Gasteiger partial charge in [-0.2, -0.15) is 0 Å². The van der Waals surface area contributed by atoms with E-state index in [1.54, 1.807) is 18.0 Å². The number of carbonyl (C=O) groups is 1. The van der Waals surface area contributed by atoms with Crippen LogP contribution in [0.2, 0.25) is 0 Å². The van der Waals surface area contributed by atoms with Crippen LogP contribution in [0.4, 0.5) is 11.4 Å². The average Bonchev–Trinajstić information content (AvgIpc) is 2.75. The van der Waals surface area contributed by atoms with Crippen molar-refractivity contribution in [3.05, 3.63) is 27.3 Å². The minimum absolute atomic E-state index is 0.0176. The molecule has 2 aromatic rings. The van der Waals surface area contributed by atoms with E-state index in [4.69, 9.17) is 5.11 Å². The summed E-state index contributed by atoms with van der Waals surface area (Å²) in [6.45, 7) is 2.29. The fourth-order valence-corrected chi connectivity index (χ4v) is 2.95. The number of rotatable bonds is 6. The summed E-state index contributed by atoms with van der Waals surface area (Å²) in [7, 11) is 1.72. The van der Waals surface area contributed by atoms with E-state index < -0.39 is 10.9 Å². The standard InChI is InChI=1S/C13H15N3O4S/c1-8-14-9-6-10(15(2)5-3-4-13(17)18)11(16(19)20)7-12(9)21-8/h6-7H,3-5H2,1-2H3,(H,17,18). The van der Waals surface area contributed by atoms with E-state index >= 15 is 0 Å². The second-order valence-corrected chi connectivity index (χ2v) is 5.95. The summed E-state index contributed by atoms with van der Waals surface area (Å²) in [6.07, 6.45) is 0.466. The Kier molecular flexibility index (Phi) is 4.37. The second kappa shape index (κ2) is 6.04. The van der Waals surface area contributed by atoms with E-state index in [0.29, 0.717) is 18.7 Å². The van der Waals surface area contributed by atoms with Gasteiger partial charge in [0.2, 0.25) is 0 Å². The van der Waals surface area contributed by atoms with E-state index in [1.165, 1.54) is 17.4 Å². The molecule has 0 fully saturated rings. The van der Waals surface area contributed by atoms with E-state index in [9.17, 15) is 14.9 Å². The normalized spacial score (nSPS) is 10.8. The Bertz CT molecular complexity index is 698. The summed E-state index contributed by atoms with van der Waals surface area (Å²) in [5, 5.41) is 20.7. The van der Waals surface area contributed by atoms with Gasteiger partial charge in [-0.3, -0.25) is 14.9 Å². The first-order chi connectivity index (χ1) is 9.88. The number of aryl methyl sites for hydroxylation is 1. The van der Waals surface area contributed by atoms with Crippen LogP contribution in [0.3, 0.4) is 0 Å². The SMILES string of the molecule is Cc1nc2cc(N(C)CCCC(=O)O)c([N+](=O)[O-])cc2s1. The van der Waals surface area contributed by atoms with E-state index in [-0.39, 0.29) is 12.1 Å². The monoisotopic (exact) mass is 309 g/mol. The van der Waals surface area contributed by atoms with Crippen molar-refractivity contribution in [1.82, 2.24) is 4.98 Å². The molecule has 0 amide bonds. The van der Waals surface area contributed by atoms with Crippen LogP contribution in [0.5, 0.6) is 0 Å². The summed E-state index contributed by atoms with van der Waals surface area (Å²) in [6, 6.07) is 3.22. The fourth-order valence-electron chi connectivity index (χ4n) is 2.11. The first kappa shape index (κ1) is 15.2. The lowest BCUT2D eigenvalue weighted by Gasteiger charge is -2.18. The Hall–Kier alpha value is -2.22. The van der Waals surface area contributed by atoms with Crippen molar-refractivity contribution < 1.29 is 14.8 Å². The molecule has 21 heavy (non-hydrogen) atoms. The van der Waals surface area contributed by atoms with Gasteiger partial charge in [-0.05, 0) is 19.4 Å². The highest BCUT2D eigenvalue weighted by molar-refractivity contribution is 7.18. The molecule has 0 atom stereocenters. The van der Waals surface area contributed by atoms with Crippen molar-refractivity contribution >= 4 is 38.9 Å². The molecule has 0 radical (unpaired) electrons. The van der Waals surface area contributed by atoms with Gasteiger partial charge >= 0.3 is 5.97 Å². The topological polar surface area (TPSA) is 96.6 Å². The molecule has 0 aliphatic heterocycles. The molecule has 8 heteroatoms. The predicted molar refractivity (Wildman–Crippen MR) is 81.2 cm³/mol. The highest BCUT2D eigenvalue weighted by Gasteiger charge is 2.20. The van der Waals surface area contributed by atoms with Crippen molar-refractivity contribution in [1.29, 1.82) is 0 Å². The van der Waals surface area contributed by atoms with Crippen LogP contribution in [0.1, 0.15) is 17.8 Å². The van der Waals surface area contributed by atoms with Crippen molar-refractivity contribution in [2.45, 2.75) is 19.8 Å². The van der Waals surface area contributed by atoms with Crippen LogP contribution >= 0.6 is 11.3 Å². The lowest BCUT2D eigenvalue weighted by Crippen LogP contribution is -2.20. The highest BCUT2D eigenvalue weighted by Crippen LogP contribution is 2.34. The average molecular weight is 309 g/mol. The first-order valence-electron chi connectivity index (χ1n) is 6.37. The third kappa shape index (κ3) is 3.46. The Morgan fingerprint density at radius 2 is 2.24 bits per heavy atom. The molecule has 1 aromatic carbocycles. The van der Waals surface area contributed by atoms with Crippen molar-refractivity contribution in [3.8, 4) is 0 Å². The first-order valence-corrected chi connectivity index (χ1v) is 7.18. The highest BCUT2D eigenvalue weighted by atomic mass is 32.1. The third-order valence-corrected chi connectivity index (χ3v) is 4.02. The number of carboxylic acids is 1. The molecule has 0 saturated heterocycles. The number of anilines is 1. The fraction of sp³-hybridized carbons (Fsp3) is 0.385. The number of nitro groups is 1. The summed E-state index contributed by atoms with van der Waals surface area (Å²) >= 11 is 1.41. The lowest BCUT2D eigenvalue weighted by molar-refractivity contribution is -0.384. The van der Waals surface area contributed by atoms with Gasteiger partial charge in [-0.25, -0.2) is 4.98 Å². The van der Waals surface area contributed by atoms with Gasteiger partial charge < -0.3 is 10.0 Å². The summed E-state index contributed by atoms with van der Waals surface area (Å²) < 4.78 is 0.780. The minimum atomic E-state index is -0.872. The molecule has 1 N–H and O–H groups in total. The number of aliphatic carboxylic acids is 1. The number of hydrogen-bond donors (Lipinski definition) is 1. The van der Waals surface area contributed by atoms with Gasteiger partial charge in [0.1, 0.15) is 5.69 Å². The molecule has 2 rings (SSSR count). The number of nitro benzene ring substituents is 1. The number of nitrogens with zero attached hydrogens (tertiary/aromatic N) is 3. The lowest BCUT2D eigenvalue weighted by atomic mass is 10.2. The molecular formula is C13H15N3O4S. The van der Waals surface area contributed by atoms with E-state index in [1.807, 2.05) is 6.92 Å². The molecule has 0 saturated carbocycles. The Morgan fingerprint density at radius 1 is 1.52 bits per heavy atom. The van der Waals surface area contributed by atoms with Crippen LogP contribution in [0, 0.1) is 17.0 Å². The maximum absolute atomic E-state index is 11.2. The van der Waals surface area contributed by atoms with Crippen molar-refractivity contribution in [3.63, 3.8) is 0 Å². The van der Waals surface area contributed by atoms with Gasteiger partial charge in [0.05, 0.1) is 20.1 Å². The van der Waals surface area contributed by atoms with Crippen LogP contribution in [0.15, 0.2) is 12.1 Å². The molecular weight excluding hydrogens is 294 g/mol. The molecule has 1 heterocycles. The van der Waals surface area contributed by atoms with Gasteiger partial charge in [0.25, 0.3) is 5.69 Å². The Labute approximate surface area is 125 Å². The molecule has 0 spiro atoms. The number of hydrogen-bond acceptors (Lipinski definition) is 6. The van der Waals surface area contributed by atoms with Gasteiger partial charge in [0, 0.05) is 26.1 Å². The molecule has 0 bridgehead atoms. The number of fused-ring (bicyclic) bond motifs is 1. The van der Waals surface area contributed by atoms with Crippen LogP contribution in [0.25, 0.3) is 10.2 Å². The number of aromatic nitrogens is 1. The largest absolute Gasteiger partial charge is 0.481 e. The van der Waals surface area contributed by atoms with Crippen molar-refractivity contribution in [2.75, 3.05) is 18.5 Å². The smallest absolute Gasteiger partial charge is 0.303 e. The zero-order valence-corrected chi connectivity index (χ0v) is 12.5. The second-order valence-electron chi connectivity index (χ2n) is 4.72. The molecule has 7 nitrogen and oxygen atoms in total.